The summed E-state index contributed by atoms with van der Waals surface area (Å²) in [6, 6.07) is 17.6. The molecule has 0 unspecified atom stereocenters. The van der Waals surface area contributed by atoms with E-state index in [0.29, 0.717) is 42.7 Å². The van der Waals surface area contributed by atoms with Crippen molar-refractivity contribution in [3.63, 3.8) is 0 Å². The Morgan fingerprint density at radius 3 is 1.05 bits per heavy atom. The molecule has 0 N–H and O–H groups in total. The van der Waals surface area contributed by atoms with Gasteiger partial charge in [0.2, 0.25) is 0 Å². The fourth-order valence-electron chi connectivity index (χ4n) is 10.4. The highest BCUT2D eigenvalue weighted by molar-refractivity contribution is 5.71. The summed E-state index contributed by atoms with van der Waals surface area (Å²) in [5.74, 6) is 2.17. The predicted octanol–water partition coefficient (Wildman–Crippen LogP) is 21.1. The lowest BCUT2D eigenvalue weighted by Gasteiger charge is -2.17. The second-order valence-electron chi connectivity index (χ2n) is 22.0. The molecular weight excluding hydrogens is 975 g/mol. The highest BCUT2D eigenvalue weighted by Gasteiger charge is 2.17. The summed E-state index contributed by atoms with van der Waals surface area (Å²) in [5, 5.41) is 0. The van der Waals surface area contributed by atoms with Crippen LogP contribution in [-0.2, 0) is 13.2 Å². The molecule has 430 valence electrons. The van der Waals surface area contributed by atoms with Gasteiger partial charge in [-0.2, -0.15) is 0 Å². The minimum absolute atomic E-state index is 0.162. The van der Waals surface area contributed by atoms with Crippen LogP contribution in [-0.4, -0.2) is 29.8 Å². The SMILES string of the molecule is CCCCCCCCCCCCOc1cc(COc2ccc(-c3cc(-c4ccc(OCc5cc(C)c(OCCCCCCCCCCCC)c(C)c5)cn4)c(F)cc3F)nc2)cc(C)c1OCCCCCCCCCCCC. The molecule has 0 bridgehead atoms. The number of rotatable bonds is 44. The van der Waals surface area contributed by atoms with Crippen LogP contribution in [0.5, 0.6) is 28.7 Å². The maximum absolute atomic E-state index is 15.4. The Kier molecular flexibility index (Phi) is 31.4. The van der Waals surface area contributed by atoms with Crippen LogP contribution in [0.4, 0.5) is 8.78 Å². The van der Waals surface area contributed by atoms with Gasteiger partial charge in [0.05, 0.1) is 43.6 Å². The Balaban J connectivity index is 1.12. The second kappa shape index (κ2) is 38.4. The van der Waals surface area contributed by atoms with Crippen LogP contribution in [0.15, 0.2) is 73.1 Å². The van der Waals surface area contributed by atoms with Crippen LogP contribution in [0, 0.1) is 32.4 Å². The lowest BCUT2D eigenvalue weighted by atomic mass is 10.0. The molecule has 0 saturated carbocycles. The molecule has 0 aliphatic heterocycles. The van der Waals surface area contributed by atoms with Crippen LogP contribution in [0.1, 0.15) is 241 Å². The number of pyridine rings is 2. The van der Waals surface area contributed by atoms with E-state index < -0.39 is 11.6 Å². The van der Waals surface area contributed by atoms with Crippen molar-refractivity contribution in [2.45, 2.75) is 247 Å². The summed E-state index contributed by atoms with van der Waals surface area (Å²) < 4.78 is 62.3. The fourth-order valence-corrected chi connectivity index (χ4v) is 10.4. The number of hydrogen-bond acceptors (Lipinski definition) is 7. The van der Waals surface area contributed by atoms with Crippen molar-refractivity contribution in [3.8, 4) is 51.3 Å². The topological polar surface area (TPSA) is 71.9 Å². The van der Waals surface area contributed by atoms with Gasteiger partial charge in [0.25, 0.3) is 0 Å². The Labute approximate surface area is 471 Å². The smallest absolute Gasteiger partial charge is 0.164 e. The second-order valence-corrected chi connectivity index (χ2v) is 22.0. The molecule has 0 spiro atoms. The fraction of sp³-hybridized carbons (Fsp3) is 0.594. The van der Waals surface area contributed by atoms with Crippen molar-refractivity contribution in [2.75, 3.05) is 19.8 Å². The first-order chi connectivity index (χ1) is 38.2. The minimum atomic E-state index is -0.713. The van der Waals surface area contributed by atoms with Crippen molar-refractivity contribution in [2.24, 2.45) is 0 Å². The van der Waals surface area contributed by atoms with Gasteiger partial charge in [-0.25, -0.2) is 8.78 Å². The quantitative estimate of drug-likeness (QED) is 0.0360. The van der Waals surface area contributed by atoms with E-state index in [1.54, 1.807) is 36.7 Å². The van der Waals surface area contributed by atoms with Gasteiger partial charge >= 0.3 is 0 Å². The van der Waals surface area contributed by atoms with Gasteiger partial charge in [0.1, 0.15) is 42.1 Å². The average molecular weight is 1080 g/mol. The third-order valence-electron chi connectivity index (χ3n) is 15.0. The van der Waals surface area contributed by atoms with E-state index in [1.165, 1.54) is 173 Å². The van der Waals surface area contributed by atoms with Crippen molar-refractivity contribution < 1.29 is 32.5 Å². The van der Waals surface area contributed by atoms with E-state index in [0.717, 1.165) is 83.4 Å². The Bertz CT molecular complexity index is 2370. The number of hydrogen-bond donors (Lipinski definition) is 0. The maximum Gasteiger partial charge on any atom is 0.164 e. The molecule has 2 heterocycles. The summed E-state index contributed by atoms with van der Waals surface area (Å²) in [5.41, 5.74) is 6.19. The summed E-state index contributed by atoms with van der Waals surface area (Å²) in [6.45, 7) is 15.7. The standard InChI is InChI=1S/C69H100F2N2O5/c1-7-10-13-16-19-22-25-28-31-34-41-74-67-47-58(46-56(6)69(67)76-43-36-33-30-27-24-21-18-15-12-9-3)53-78-60-38-40-66(73-51-60)62-48-61(63(70)49-64(62)71)65-39-37-59(50-72-65)77-52-57-44-54(4)68(55(5)45-57)75-42-35-32-29-26-23-20-17-14-11-8-2/h37-40,44-51H,7-36,41-43,52-53H2,1-6H3. The molecule has 3 aromatic carbocycles. The third kappa shape index (κ3) is 24.0. The number of aryl methyl sites for hydroxylation is 3. The van der Waals surface area contributed by atoms with E-state index in [-0.39, 0.29) is 17.7 Å². The molecule has 5 aromatic rings. The molecule has 0 radical (unpaired) electrons. The molecule has 78 heavy (non-hydrogen) atoms. The predicted molar refractivity (Wildman–Crippen MR) is 321 cm³/mol. The summed E-state index contributed by atoms with van der Waals surface area (Å²) in [4.78, 5) is 9.07. The number of halogens is 2. The summed E-state index contributed by atoms with van der Waals surface area (Å²) in [6.07, 6.45) is 41.6. The van der Waals surface area contributed by atoms with Crippen molar-refractivity contribution in [1.82, 2.24) is 9.97 Å². The van der Waals surface area contributed by atoms with Gasteiger partial charge in [-0.3, -0.25) is 9.97 Å². The van der Waals surface area contributed by atoms with Crippen LogP contribution >= 0.6 is 0 Å². The van der Waals surface area contributed by atoms with Crippen molar-refractivity contribution in [1.29, 1.82) is 0 Å². The number of ether oxygens (including phenoxy) is 5. The van der Waals surface area contributed by atoms with Crippen molar-refractivity contribution >= 4 is 0 Å². The van der Waals surface area contributed by atoms with Crippen LogP contribution in [0.2, 0.25) is 0 Å². The highest BCUT2D eigenvalue weighted by atomic mass is 19.1. The molecule has 2 aromatic heterocycles. The number of benzene rings is 3. The lowest BCUT2D eigenvalue weighted by molar-refractivity contribution is 0.255. The lowest BCUT2D eigenvalue weighted by Crippen LogP contribution is -2.06. The first-order valence-electron chi connectivity index (χ1n) is 31.0. The number of aromatic nitrogens is 2. The zero-order valence-electron chi connectivity index (χ0n) is 49.4. The van der Waals surface area contributed by atoms with Gasteiger partial charge in [0, 0.05) is 17.2 Å². The van der Waals surface area contributed by atoms with Gasteiger partial charge in [-0.15, -0.1) is 0 Å². The average Bonchev–Trinajstić information content (AvgIpc) is 3.47. The molecule has 7 nitrogen and oxygen atoms in total. The largest absolute Gasteiger partial charge is 0.493 e. The molecule has 0 aliphatic rings. The van der Waals surface area contributed by atoms with Gasteiger partial charge < -0.3 is 23.7 Å². The Morgan fingerprint density at radius 1 is 0.346 bits per heavy atom. The molecule has 0 aliphatic carbocycles. The van der Waals surface area contributed by atoms with E-state index in [9.17, 15) is 0 Å². The molecular formula is C69H100F2N2O5. The van der Waals surface area contributed by atoms with Gasteiger partial charge in [0.15, 0.2) is 11.5 Å². The first kappa shape index (κ1) is 63.6. The highest BCUT2D eigenvalue weighted by Crippen LogP contribution is 2.35. The normalized spacial score (nSPS) is 11.3. The Hall–Kier alpha value is -5.18. The Morgan fingerprint density at radius 2 is 0.679 bits per heavy atom. The van der Waals surface area contributed by atoms with E-state index in [4.69, 9.17) is 23.7 Å². The zero-order chi connectivity index (χ0) is 55.4. The molecule has 0 amide bonds. The molecule has 0 fully saturated rings. The monoisotopic (exact) mass is 1070 g/mol. The third-order valence-corrected chi connectivity index (χ3v) is 15.0. The molecule has 0 atom stereocenters. The van der Waals surface area contributed by atoms with Crippen LogP contribution in [0.25, 0.3) is 22.5 Å². The van der Waals surface area contributed by atoms with Gasteiger partial charge in [-0.1, -0.05) is 194 Å². The van der Waals surface area contributed by atoms with Crippen molar-refractivity contribution in [3.05, 3.63) is 113 Å². The maximum atomic E-state index is 15.4. The van der Waals surface area contributed by atoms with Gasteiger partial charge in [-0.05, 0) is 122 Å². The summed E-state index contributed by atoms with van der Waals surface area (Å²) in [7, 11) is 0. The van der Waals surface area contributed by atoms with Crippen LogP contribution in [0.3, 0.4) is 0 Å². The van der Waals surface area contributed by atoms with E-state index >= 15 is 8.78 Å². The minimum Gasteiger partial charge on any atom is -0.493 e. The molecule has 9 heteroatoms. The summed E-state index contributed by atoms with van der Waals surface area (Å²) >= 11 is 0. The van der Waals surface area contributed by atoms with E-state index in [1.807, 2.05) is 6.07 Å². The molecule has 5 rings (SSSR count). The molecule has 0 saturated heterocycles. The first-order valence-corrected chi connectivity index (χ1v) is 31.0. The zero-order valence-corrected chi connectivity index (χ0v) is 49.4. The van der Waals surface area contributed by atoms with Crippen LogP contribution < -0.4 is 23.7 Å². The number of nitrogens with zero attached hydrogens (tertiary/aromatic N) is 2. The number of unbranched alkanes of at least 4 members (excludes halogenated alkanes) is 27. The van der Waals surface area contributed by atoms with E-state index in [2.05, 4.69) is 69.7 Å².